The van der Waals surface area contributed by atoms with E-state index in [-0.39, 0.29) is 10.6 Å². The molecule has 0 aliphatic rings. The van der Waals surface area contributed by atoms with Gasteiger partial charge in [0.2, 0.25) is 0 Å². The van der Waals surface area contributed by atoms with Gasteiger partial charge in [0.05, 0.1) is 9.82 Å². The van der Waals surface area contributed by atoms with Crippen LogP contribution in [0.15, 0.2) is 120 Å². The van der Waals surface area contributed by atoms with Crippen LogP contribution < -0.4 is 15.6 Å². The van der Waals surface area contributed by atoms with Gasteiger partial charge in [0.15, 0.2) is 0 Å². The van der Waals surface area contributed by atoms with Gasteiger partial charge in [-0.15, -0.1) is 0 Å². The number of hydrogen-bond acceptors (Lipinski definition) is 5. The van der Waals surface area contributed by atoms with Gasteiger partial charge in [-0.3, -0.25) is 14.0 Å². The fourth-order valence-electron chi connectivity index (χ4n) is 3.63. The number of nitro benzene ring substituents is 1. The molecule has 8 heteroatoms. The van der Waals surface area contributed by atoms with Crippen molar-refractivity contribution in [1.82, 2.24) is 0 Å². The van der Waals surface area contributed by atoms with Gasteiger partial charge in [-0.1, -0.05) is 97.1 Å². The Morgan fingerprint density at radius 2 is 1.09 bits per heavy atom. The molecule has 4 rings (SSSR count). The van der Waals surface area contributed by atoms with Gasteiger partial charge in [0.25, 0.3) is 15.8 Å². The monoisotopic (exact) mass is 461 g/mol. The average molecular weight is 462 g/mol. The quantitative estimate of drug-likeness (QED) is 0.183. The summed E-state index contributed by atoms with van der Waals surface area (Å²) in [4.78, 5) is 10.3. The maximum Gasteiger partial charge on any atom is 0.310 e. The standard InChI is InChI=1S/C24H19NO5SSi/c26-25(27)20-11-10-12-21(19-20)31(28,29)30-32(22-13-4-1-5-14-22,23-15-6-2-7-16-23)24-17-8-3-9-18-24/h1-19H. The molecule has 0 N–H and O–H groups in total. The summed E-state index contributed by atoms with van der Waals surface area (Å²) in [6.45, 7) is 0. The Morgan fingerprint density at radius 3 is 1.50 bits per heavy atom. The van der Waals surface area contributed by atoms with E-state index in [0.29, 0.717) is 0 Å². The van der Waals surface area contributed by atoms with Crippen molar-refractivity contribution in [3.63, 3.8) is 0 Å². The van der Waals surface area contributed by atoms with Crippen LogP contribution in [0.2, 0.25) is 0 Å². The van der Waals surface area contributed by atoms with Gasteiger partial charge in [0.1, 0.15) is 0 Å². The molecule has 0 fully saturated rings. The Morgan fingerprint density at radius 1 is 0.656 bits per heavy atom. The predicted octanol–water partition coefficient (Wildman–Crippen LogP) is 2.97. The van der Waals surface area contributed by atoms with Gasteiger partial charge in [-0.25, -0.2) is 0 Å². The molecule has 0 spiro atoms. The van der Waals surface area contributed by atoms with Crippen LogP contribution in [0.3, 0.4) is 0 Å². The van der Waals surface area contributed by atoms with Crippen molar-refractivity contribution in [3.8, 4) is 0 Å². The summed E-state index contributed by atoms with van der Waals surface area (Å²) in [5.41, 5.74) is -0.318. The number of hydrogen-bond donors (Lipinski definition) is 0. The highest BCUT2D eigenvalue weighted by atomic mass is 32.2. The maximum atomic E-state index is 13.5. The highest BCUT2D eigenvalue weighted by Crippen LogP contribution is 2.23. The minimum absolute atomic E-state index is 0.258. The third-order valence-corrected chi connectivity index (χ3v) is 11.2. The van der Waals surface area contributed by atoms with Crippen LogP contribution in [0.25, 0.3) is 0 Å². The van der Waals surface area contributed by atoms with Crippen LogP contribution in [0, 0.1) is 10.1 Å². The summed E-state index contributed by atoms with van der Waals surface area (Å²) in [6.07, 6.45) is 0. The first-order valence-electron chi connectivity index (χ1n) is 9.80. The molecule has 6 nitrogen and oxygen atoms in total. The van der Waals surface area contributed by atoms with Crippen molar-refractivity contribution in [2.75, 3.05) is 0 Å². The maximum absolute atomic E-state index is 13.5. The molecule has 32 heavy (non-hydrogen) atoms. The van der Waals surface area contributed by atoms with Crippen molar-refractivity contribution >= 4 is 39.7 Å². The number of non-ortho nitro benzene ring substituents is 1. The fourth-order valence-corrected chi connectivity index (χ4v) is 9.98. The summed E-state index contributed by atoms with van der Waals surface area (Å²) >= 11 is 0. The second-order valence-electron chi connectivity index (χ2n) is 7.07. The Labute approximate surface area is 187 Å². The normalized spacial score (nSPS) is 11.8. The van der Waals surface area contributed by atoms with Crippen molar-refractivity contribution in [3.05, 3.63) is 125 Å². The van der Waals surface area contributed by atoms with E-state index in [1.807, 2.05) is 91.0 Å². The van der Waals surface area contributed by atoms with Crippen LogP contribution in [0.1, 0.15) is 0 Å². The molecule has 0 bridgehead atoms. The molecule has 0 saturated carbocycles. The average Bonchev–Trinajstić information content (AvgIpc) is 2.84. The molecule has 0 unspecified atom stereocenters. The first kappa shape index (κ1) is 21.6. The molecule has 0 atom stereocenters. The lowest BCUT2D eigenvalue weighted by atomic mass is 10.3. The van der Waals surface area contributed by atoms with Gasteiger partial charge in [-0.05, 0) is 21.6 Å². The number of rotatable bonds is 7. The summed E-state index contributed by atoms with van der Waals surface area (Å²) in [5, 5.41) is 13.4. The molecule has 0 aliphatic carbocycles. The Kier molecular flexibility index (Phi) is 6.00. The molecule has 160 valence electrons. The first-order valence-corrected chi connectivity index (χ1v) is 13.1. The molecule has 0 radical (unpaired) electrons. The molecule has 0 saturated heterocycles. The Bertz CT molecular complexity index is 1230. The Hall–Kier alpha value is -3.59. The summed E-state index contributed by atoms with van der Waals surface area (Å²) in [6, 6.07) is 32.7. The van der Waals surface area contributed by atoms with Gasteiger partial charge >= 0.3 is 8.32 Å². The predicted molar refractivity (Wildman–Crippen MR) is 125 cm³/mol. The molecule has 0 heterocycles. The van der Waals surface area contributed by atoms with Crippen LogP contribution in [-0.4, -0.2) is 21.7 Å². The highest BCUT2D eigenvalue weighted by Gasteiger charge is 2.46. The van der Waals surface area contributed by atoms with E-state index in [0.717, 1.165) is 21.6 Å². The summed E-state index contributed by atoms with van der Waals surface area (Å²) in [7, 11) is -7.91. The van der Waals surface area contributed by atoms with Crippen molar-refractivity contribution < 1.29 is 17.2 Å². The zero-order valence-corrected chi connectivity index (χ0v) is 18.7. The van der Waals surface area contributed by atoms with E-state index >= 15 is 0 Å². The number of nitro groups is 1. The molecule has 0 aliphatic heterocycles. The van der Waals surface area contributed by atoms with Crippen LogP contribution in [0.5, 0.6) is 0 Å². The number of benzene rings is 4. The van der Waals surface area contributed by atoms with Crippen molar-refractivity contribution in [1.29, 1.82) is 0 Å². The molecule has 4 aromatic rings. The Balaban J connectivity index is 1.98. The van der Waals surface area contributed by atoms with E-state index in [1.165, 1.54) is 18.2 Å². The highest BCUT2D eigenvalue weighted by molar-refractivity contribution is 7.88. The topological polar surface area (TPSA) is 86.5 Å². The smallest absolute Gasteiger partial charge is 0.294 e. The molecular formula is C24H19NO5SSi. The third kappa shape index (κ3) is 4.11. The van der Waals surface area contributed by atoms with Crippen molar-refractivity contribution in [2.24, 2.45) is 0 Å². The second-order valence-corrected chi connectivity index (χ2v) is 12.2. The van der Waals surface area contributed by atoms with E-state index < -0.39 is 23.4 Å². The molecule has 0 amide bonds. The van der Waals surface area contributed by atoms with Crippen LogP contribution in [-0.2, 0) is 14.0 Å². The zero-order valence-electron chi connectivity index (χ0n) is 16.9. The van der Waals surface area contributed by atoms with Gasteiger partial charge in [0, 0.05) is 12.1 Å². The van der Waals surface area contributed by atoms with E-state index in [9.17, 15) is 18.5 Å². The lowest BCUT2D eigenvalue weighted by molar-refractivity contribution is -0.385. The minimum Gasteiger partial charge on any atom is -0.294 e. The third-order valence-electron chi connectivity index (χ3n) is 5.09. The van der Waals surface area contributed by atoms with Crippen LogP contribution in [0.4, 0.5) is 5.69 Å². The molecule has 0 aromatic heterocycles. The zero-order chi connectivity index (χ0) is 22.6. The second kappa shape index (κ2) is 8.87. The minimum atomic E-state index is -4.36. The van der Waals surface area contributed by atoms with Crippen molar-refractivity contribution in [2.45, 2.75) is 4.90 Å². The lowest BCUT2D eigenvalue weighted by Gasteiger charge is -2.32. The summed E-state index contributed by atoms with van der Waals surface area (Å²) in [5.74, 6) is 0. The molecular weight excluding hydrogens is 442 g/mol. The van der Waals surface area contributed by atoms with E-state index in [2.05, 4.69) is 0 Å². The number of nitrogens with zero attached hydrogens (tertiary/aromatic N) is 1. The fraction of sp³-hybridized carbons (Fsp3) is 0. The van der Waals surface area contributed by atoms with E-state index in [1.54, 1.807) is 0 Å². The van der Waals surface area contributed by atoms with Gasteiger partial charge < -0.3 is 0 Å². The SMILES string of the molecule is O=[N+]([O-])c1cccc(S(=O)(=O)O[Si](c2ccccc2)(c2ccccc2)c2ccccc2)c1. The summed E-state index contributed by atoms with van der Waals surface area (Å²) < 4.78 is 33.3. The van der Waals surface area contributed by atoms with Gasteiger partial charge in [-0.2, -0.15) is 8.42 Å². The lowest BCUT2D eigenvalue weighted by Crippen LogP contribution is -2.69. The first-order chi connectivity index (χ1) is 15.4. The molecule has 4 aromatic carbocycles. The van der Waals surface area contributed by atoms with Crippen LogP contribution >= 0.6 is 0 Å². The van der Waals surface area contributed by atoms with E-state index in [4.69, 9.17) is 3.87 Å². The largest absolute Gasteiger partial charge is 0.310 e.